The highest BCUT2D eigenvalue weighted by molar-refractivity contribution is 5.31. The monoisotopic (exact) mass is 327 g/mol. The molecule has 1 fully saturated rings. The van der Waals surface area contributed by atoms with Crippen LogP contribution in [0.25, 0.3) is 0 Å². The van der Waals surface area contributed by atoms with Crippen molar-refractivity contribution in [2.45, 2.75) is 18.7 Å². The number of benzene rings is 2. The summed E-state index contributed by atoms with van der Waals surface area (Å²) in [5.41, 5.74) is 9.86. The van der Waals surface area contributed by atoms with E-state index in [2.05, 4.69) is 21.8 Å². The van der Waals surface area contributed by atoms with Crippen LogP contribution in [0.1, 0.15) is 28.8 Å². The smallest absolute Gasteiger partial charge is 0.123 e. The number of β-amino-alcohol motifs (C(OH)–C–C–N with tert-alkyl or cyclic N) is 1. The van der Waals surface area contributed by atoms with Crippen molar-refractivity contribution in [1.29, 1.82) is 0 Å². The highest BCUT2D eigenvalue weighted by atomic mass is 19.1. The minimum absolute atomic E-state index is 0.153. The van der Waals surface area contributed by atoms with Gasteiger partial charge in [0.15, 0.2) is 0 Å². The molecule has 2 aliphatic heterocycles. The highest BCUT2D eigenvalue weighted by Crippen LogP contribution is 2.30. The van der Waals surface area contributed by atoms with E-state index in [-0.39, 0.29) is 11.9 Å². The molecule has 0 amide bonds. The maximum atomic E-state index is 13.2. The Morgan fingerprint density at radius 2 is 1.92 bits per heavy atom. The third-order valence-corrected chi connectivity index (χ3v) is 5.05. The summed E-state index contributed by atoms with van der Waals surface area (Å²) in [5, 5.41) is 10.4. The standard InChI is InChI=1S/C19H22FN3O/c20-16-7-5-13(6-8-16)19-15(9-21-22-19)11-23-10-14-3-1-2-4-17(14)18(24)12-23/h1-8,15,18-19,21-22,24H,9-12H2. The summed E-state index contributed by atoms with van der Waals surface area (Å²) in [7, 11) is 0. The van der Waals surface area contributed by atoms with Crippen LogP contribution in [0, 0.1) is 11.7 Å². The molecule has 0 saturated carbocycles. The Labute approximate surface area is 141 Å². The zero-order valence-corrected chi connectivity index (χ0v) is 13.5. The Balaban J connectivity index is 1.48. The van der Waals surface area contributed by atoms with Crippen LogP contribution in [0.2, 0.25) is 0 Å². The molecule has 0 radical (unpaired) electrons. The van der Waals surface area contributed by atoms with E-state index in [0.717, 1.165) is 30.8 Å². The fourth-order valence-corrected chi connectivity index (χ4v) is 3.85. The van der Waals surface area contributed by atoms with E-state index in [0.29, 0.717) is 12.5 Å². The van der Waals surface area contributed by atoms with Gasteiger partial charge in [0.05, 0.1) is 12.1 Å². The molecule has 4 rings (SSSR count). The second kappa shape index (κ2) is 6.61. The molecular weight excluding hydrogens is 305 g/mol. The quantitative estimate of drug-likeness (QED) is 0.808. The van der Waals surface area contributed by atoms with Crippen LogP contribution in [0.5, 0.6) is 0 Å². The molecule has 5 heteroatoms. The number of halogens is 1. The Bertz CT molecular complexity index is 706. The molecule has 3 N–H and O–H groups in total. The van der Waals surface area contributed by atoms with Crippen molar-refractivity contribution in [3.63, 3.8) is 0 Å². The van der Waals surface area contributed by atoms with E-state index in [1.54, 1.807) is 0 Å². The topological polar surface area (TPSA) is 47.5 Å². The van der Waals surface area contributed by atoms with Gasteiger partial charge in [0.25, 0.3) is 0 Å². The molecule has 2 aliphatic rings. The first-order valence-corrected chi connectivity index (χ1v) is 8.43. The van der Waals surface area contributed by atoms with Gasteiger partial charge in [-0.3, -0.25) is 10.3 Å². The second-order valence-corrected chi connectivity index (χ2v) is 6.72. The van der Waals surface area contributed by atoms with Crippen molar-refractivity contribution < 1.29 is 9.50 Å². The number of hydrazine groups is 1. The summed E-state index contributed by atoms with van der Waals surface area (Å²) in [6, 6.07) is 15.0. The fraction of sp³-hybridized carbons (Fsp3) is 0.368. The van der Waals surface area contributed by atoms with Crippen LogP contribution in [0.4, 0.5) is 4.39 Å². The third-order valence-electron chi connectivity index (χ3n) is 5.05. The van der Waals surface area contributed by atoms with Gasteiger partial charge in [-0.1, -0.05) is 36.4 Å². The Hall–Kier alpha value is -1.79. The molecule has 0 bridgehead atoms. The van der Waals surface area contributed by atoms with Gasteiger partial charge in [-0.25, -0.2) is 9.82 Å². The number of rotatable bonds is 3. The van der Waals surface area contributed by atoms with Crippen molar-refractivity contribution in [3.05, 3.63) is 71.0 Å². The largest absolute Gasteiger partial charge is 0.387 e. The van der Waals surface area contributed by atoms with Gasteiger partial charge in [0.2, 0.25) is 0 Å². The second-order valence-electron chi connectivity index (χ2n) is 6.72. The van der Waals surface area contributed by atoms with Crippen LogP contribution < -0.4 is 10.9 Å². The molecule has 0 aliphatic carbocycles. The lowest BCUT2D eigenvalue weighted by Gasteiger charge is -2.34. The van der Waals surface area contributed by atoms with Crippen LogP contribution >= 0.6 is 0 Å². The maximum Gasteiger partial charge on any atom is 0.123 e. The fourth-order valence-electron chi connectivity index (χ4n) is 3.85. The first kappa shape index (κ1) is 15.7. The van der Waals surface area contributed by atoms with Crippen molar-refractivity contribution in [2.75, 3.05) is 19.6 Å². The van der Waals surface area contributed by atoms with Crippen molar-refractivity contribution in [2.24, 2.45) is 5.92 Å². The van der Waals surface area contributed by atoms with Gasteiger partial charge < -0.3 is 5.11 Å². The average molecular weight is 327 g/mol. The number of aliphatic hydroxyl groups is 1. The lowest BCUT2D eigenvalue weighted by atomic mass is 9.92. The van der Waals surface area contributed by atoms with E-state index in [9.17, 15) is 9.50 Å². The molecule has 4 nitrogen and oxygen atoms in total. The van der Waals surface area contributed by atoms with Crippen molar-refractivity contribution >= 4 is 0 Å². The molecule has 2 aromatic rings. The zero-order valence-electron chi connectivity index (χ0n) is 13.5. The van der Waals surface area contributed by atoms with Crippen LogP contribution in [0.3, 0.4) is 0 Å². The molecule has 2 aromatic carbocycles. The summed E-state index contributed by atoms with van der Waals surface area (Å²) in [6.45, 7) is 3.26. The first-order valence-electron chi connectivity index (χ1n) is 8.43. The highest BCUT2D eigenvalue weighted by Gasteiger charge is 2.32. The number of hydrogen-bond donors (Lipinski definition) is 3. The van der Waals surface area contributed by atoms with Crippen LogP contribution in [-0.2, 0) is 6.54 Å². The molecule has 126 valence electrons. The normalized spacial score (nSPS) is 27.2. The van der Waals surface area contributed by atoms with Gasteiger partial charge in [-0.05, 0) is 28.8 Å². The molecule has 0 spiro atoms. The minimum atomic E-state index is -0.429. The van der Waals surface area contributed by atoms with Crippen LogP contribution in [0.15, 0.2) is 48.5 Å². The van der Waals surface area contributed by atoms with Gasteiger partial charge >= 0.3 is 0 Å². The molecule has 2 heterocycles. The maximum absolute atomic E-state index is 13.2. The van der Waals surface area contributed by atoms with E-state index in [4.69, 9.17) is 0 Å². The van der Waals surface area contributed by atoms with Gasteiger partial charge in [0, 0.05) is 32.1 Å². The summed E-state index contributed by atoms with van der Waals surface area (Å²) in [4.78, 5) is 2.31. The number of fused-ring (bicyclic) bond motifs is 1. The summed E-state index contributed by atoms with van der Waals surface area (Å²) < 4.78 is 13.2. The van der Waals surface area contributed by atoms with E-state index in [1.165, 1.54) is 17.7 Å². The number of hydrogen-bond acceptors (Lipinski definition) is 4. The number of nitrogens with one attached hydrogen (secondary N) is 2. The summed E-state index contributed by atoms with van der Waals surface area (Å²) in [6.07, 6.45) is -0.429. The number of nitrogens with zero attached hydrogens (tertiary/aromatic N) is 1. The van der Waals surface area contributed by atoms with Gasteiger partial charge in [-0.2, -0.15) is 0 Å². The SMILES string of the molecule is OC1CN(CC2CNNC2c2ccc(F)cc2)Cc2ccccc21. The number of aliphatic hydroxyl groups excluding tert-OH is 1. The summed E-state index contributed by atoms with van der Waals surface area (Å²) in [5.74, 6) is 0.157. The Morgan fingerprint density at radius 3 is 2.75 bits per heavy atom. The van der Waals surface area contributed by atoms with E-state index in [1.807, 2.05) is 30.3 Å². The van der Waals surface area contributed by atoms with E-state index < -0.39 is 6.10 Å². The van der Waals surface area contributed by atoms with Gasteiger partial charge in [0.1, 0.15) is 5.82 Å². The third kappa shape index (κ3) is 3.08. The predicted molar refractivity (Wildman–Crippen MR) is 90.4 cm³/mol. The molecular formula is C19H22FN3O. The molecule has 0 aromatic heterocycles. The molecule has 3 unspecified atom stereocenters. The Kier molecular flexibility index (Phi) is 4.33. The first-order chi connectivity index (χ1) is 11.7. The predicted octanol–water partition coefficient (Wildman–Crippen LogP) is 2.14. The summed E-state index contributed by atoms with van der Waals surface area (Å²) >= 11 is 0. The van der Waals surface area contributed by atoms with Crippen molar-refractivity contribution in [1.82, 2.24) is 15.8 Å². The van der Waals surface area contributed by atoms with Crippen molar-refractivity contribution in [3.8, 4) is 0 Å². The average Bonchev–Trinajstić information content (AvgIpc) is 3.04. The zero-order chi connectivity index (χ0) is 16.5. The molecule has 3 atom stereocenters. The minimum Gasteiger partial charge on any atom is -0.387 e. The van der Waals surface area contributed by atoms with Gasteiger partial charge in [-0.15, -0.1) is 0 Å². The van der Waals surface area contributed by atoms with Crippen LogP contribution in [-0.4, -0.2) is 29.6 Å². The molecule has 24 heavy (non-hydrogen) atoms. The Morgan fingerprint density at radius 1 is 1.12 bits per heavy atom. The lowest BCUT2D eigenvalue weighted by molar-refractivity contribution is 0.0818. The van der Waals surface area contributed by atoms with E-state index >= 15 is 0 Å². The molecule has 1 saturated heterocycles. The lowest BCUT2D eigenvalue weighted by Crippen LogP contribution is -2.38.